The zero-order chi connectivity index (χ0) is 15.4. The van der Waals surface area contributed by atoms with E-state index in [1.54, 1.807) is 19.2 Å². The summed E-state index contributed by atoms with van der Waals surface area (Å²) in [4.78, 5) is 25.6. The quantitative estimate of drug-likeness (QED) is 0.926. The lowest BCUT2D eigenvalue weighted by molar-refractivity contribution is -0.134. The van der Waals surface area contributed by atoms with Gasteiger partial charge in [-0.1, -0.05) is 29.3 Å². The predicted octanol–water partition coefficient (Wildman–Crippen LogP) is 2.52. The van der Waals surface area contributed by atoms with E-state index < -0.39 is 0 Å². The number of amides is 2. The number of carbonyl (C=O) groups is 2. The first-order valence-electron chi connectivity index (χ1n) is 6.94. The lowest BCUT2D eigenvalue weighted by Gasteiger charge is -2.31. The second-order valence-electron chi connectivity index (χ2n) is 5.19. The topological polar surface area (TPSA) is 49.4 Å². The Kier molecular flexibility index (Phi) is 5.48. The summed E-state index contributed by atoms with van der Waals surface area (Å²) in [5.74, 6) is 0.138. The Labute approximate surface area is 134 Å². The van der Waals surface area contributed by atoms with Crippen molar-refractivity contribution in [2.45, 2.75) is 19.3 Å². The molecule has 1 fully saturated rings. The summed E-state index contributed by atoms with van der Waals surface area (Å²) in [5, 5.41) is 3.60. The maximum absolute atomic E-state index is 12.3. The van der Waals surface area contributed by atoms with Crippen LogP contribution in [-0.2, 0) is 16.0 Å². The first-order chi connectivity index (χ1) is 10.0. The molecule has 0 radical (unpaired) electrons. The SMILES string of the molecule is CNC(=O)C1CCN(C(=O)Cc2ccc(Cl)c(Cl)c2)CC1. The van der Waals surface area contributed by atoms with Crippen molar-refractivity contribution in [3.63, 3.8) is 0 Å². The highest BCUT2D eigenvalue weighted by atomic mass is 35.5. The zero-order valence-corrected chi connectivity index (χ0v) is 13.4. The monoisotopic (exact) mass is 328 g/mol. The van der Waals surface area contributed by atoms with Crippen LogP contribution in [0, 0.1) is 5.92 Å². The molecular formula is C15H18Cl2N2O2. The van der Waals surface area contributed by atoms with Crippen LogP contribution in [0.4, 0.5) is 0 Å². The number of hydrogen-bond donors (Lipinski definition) is 1. The van der Waals surface area contributed by atoms with E-state index in [1.165, 1.54) is 0 Å². The summed E-state index contributed by atoms with van der Waals surface area (Å²) >= 11 is 11.8. The van der Waals surface area contributed by atoms with Crippen LogP contribution in [0.25, 0.3) is 0 Å². The summed E-state index contributed by atoms with van der Waals surface area (Å²) in [6.07, 6.45) is 1.74. The maximum Gasteiger partial charge on any atom is 0.226 e. The van der Waals surface area contributed by atoms with Gasteiger partial charge in [0.1, 0.15) is 0 Å². The predicted molar refractivity (Wildman–Crippen MR) is 83.5 cm³/mol. The van der Waals surface area contributed by atoms with Gasteiger partial charge in [0.15, 0.2) is 0 Å². The molecule has 0 aromatic heterocycles. The summed E-state index contributed by atoms with van der Waals surface area (Å²) in [5.41, 5.74) is 0.850. The van der Waals surface area contributed by atoms with Crippen molar-refractivity contribution in [1.82, 2.24) is 10.2 Å². The third kappa shape index (κ3) is 4.11. The average molecular weight is 329 g/mol. The van der Waals surface area contributed by atoms with Gasteiger partial charge < -0.3 is 10.2 Å². The number of likely N-dealkylation sites (tertiary alicyclic amines) is 1. The summed E-state index contributed by atoms with van der Waals surface area (Å²) in [6, 6.07) is 5.23. The number of halogens is 2. The Hall–Kier alpha value is -1.26. The Balaban J connectivity index is 1.90. The molecule has 2 rings (SSSR count). The molecule has 1 aromatic carbocycles. The number of nitrogens with one attached hydrogen (secondary N) is 1. The normalized spacial score (nSPS) is 15.9. The Morgan fingerprint density at radius 1 is 1.24 bits per heavy atom. The van der Waals surface area contributed by atoms with Gasteiger partial charge in [-0.15, -0.1) is 0 Å². The van der Waals surface area contributed by atoms with Crippen molar-refractivity contribution < 1.29 is 9.59 Å². The minimum Gasteiger partial charge on any atom is -0.359 e. The van der Waals surface area contributed by atoms with Gasteiger partial charge in [-0.3, -0.25) is 9.59 Å². The number of carbonyl (C=O) groups excluding carboxylic acids is 2. The van der Waals surface area contributed by atoms with E-state index in [9.17, 15) is 9.59 Å². The fourth-order valence-electron chi connectivity index (χ4n) is 2.53. The average Bonchev–Trinajstić information content (AvgIpc) is 2.50. The number of rotatable bonds is 3. The summed E-state index contributed by atoms with van der Waals surface area (Å²) in [7, 11) is 1.64. The molecule has 21 heavy (non-hydrogen) atoms. The minimum absolute atomic E-state index is 0.0176. The molecule has 1 N–H and O–H groups in total. The largest absolute Gasteiger partial charge is 0.359 e. The van der Waals surface area contributed by atoms with E-state index in [0.29, 0.717) is 42.4 Å². The van der Waals surface area contributed by atoms with Crippen molar-refractivity contribution in [3.05, 3.63) is 33.8 Å². The minimum atomic E-state index is 0.0176. The molecule has 0 aliphatic carbocycles. The fourth-order valence-corrected chi connectivity index (χ4v) is 2.85. The van der Waals surface area contributed by atoms with Crippen LogP contribution in [0.5, 0.6) is 0 Å². The van der Waals surface area contributed by atoms with Crippen molar-refractivity contribution in [2.24, 2.45) is 5.92 Å². The smallest absolute Gasteiger partial charge is 0.226 e. The third-order valence-corrected chi connectivity index (χ3v) is 4.54. The Morgan fingerprint density at radius 2 is 1.90 bits per heavy atom. The summed E-state index contributed by atoms with van der Waals surface area (Å²) < 4.78 is 0. The molecule has 1 aromatic rings. The van der Waals surface area contributed by atoms with Gasteiger partial charge in [0.05, 0.1) is 16.5 Å². The molecule has 0 bridgehead atoms. The molecule has 1 aliphatic rings. The number of nitrogens with zero attached hydrogens (tertiary/aromatic N) is 1. The summed E-state index contributed by atoms with van der Waals surface area (Å²) in [6.45, 7) is 1.25. The van der Waals surface area contributed by atoms with Crippen LogP contribution < -0.4 is 5.32 Å². The molecule has 114 valence electrons. The van der Waals surface area contributed by atoms with E-state index in [2.05, 4.69) is 5.32 Å². The van der Waals surface area contributed by atoms with Gasteiger partial charge in [0, 0.05) is 26.1 Å². The molecule has 1 heterocycles. The van der Waals surface area contributed by atoms with Crippen LogP contribution in [0.15, 0.2) is 18.2 Å². The van der Waals surface area contributed by atoms with Crippen molar-refractivity contribution >= 4 is 35.0 Å². The van der Waals surface area contributed by atoms with Crippen LogP contribution in [0.2, 0.25) is 10.0 Å². The van der Waals surface area contributed by atoms with Gasteiger partial charge in [-0.2, -0.15) is 0 Å². The van der Waals surface area contributed by atoms with Crippen molar-refractivity contribution in [1.29, 1.82) is 0 Å². The molecule has 0 spiro atoms. The molecule has 0 saturated carbocycles. The van der Waals surface area contributed by atoms with Crippen LogP contribution in [0.3, 0.4) is 0 Å². The van der Waals surface area contributed by atoms with Crippen LogP contribution in [-0.4, -0.2) is 36.9 Å². The van der Waals surface area contributed by atoms with E-state index in [0.717, 1.165) is 5.56 Å². The lowest BCUT2D eigenvalue weighted by Crippen LogP contribution is -2.42. The molecule has 6 heteroatoms. The standard InChI is InChI=1S/C15H18Cl2N2O2/c1-18-15(21)11-4-6-19(7-5-11)14(20)9-10-2-3-12(16)13(17)8-10/h2-3,8,11H,4-7,9H2,1H3,(H,18,21). The Bertz CT molecular complexity index is 540. The Morgan fingerprint density at radius 3 is 2.48 bits per heavy atom. The molecule has 2 amide bonds. The fraction of sp³-hybridized carbons (Fsp3) is 0.467. The van der Waals surface area contributed by atoms with Gasteiger partial charge >= 0.3 is 0 Å². The van der Waals surface area contributed by atoms with Gasteiger partial charge in [0.25, 0.3) is 0 Å². The lowest BCUT2D eigenvalue weighted by atomic mass is 9.95. The van der Waals surface area contributed by atoms with Gasteiger partial charge in [-0.25, -0.2) is 0 Å². The first kappa shape index (κ1) is 16.1. The molecule has 0 unspecified atom stereocenters. The maximum atomic E-state index is 12.3. The highest BCUT2D eigenvalue weighted by molar-refractivity contribution is 6.42. The van der Waals surface area contributed by atoms with E-state index in [4.69, 9.17) is 23.2 Å². The molecule has 0 atom stereocenters. The van der Waals surface area contributed by atoms with E-state index >= 15 is 0 Å². The third-order valence-electron chi connectivity index (χ3n) is 3.80. The van der Waals surface area contributed by atoms with Crippen molar-refractivity contribution in [2.75, 3.05) is 20.1 Å². The number of benzene rings is 1. The zero-order valence-electron chi connectivity index (χ0n) is 11.9. The number of hydrogen-bond acceptors (Lipinski definition) is 2. The molecular weight excluding hydrogens is 311 g/mol. The van der Waals surface area contributed by atoms with Gasteiger partial charge in [-0.05, 0) is 30.5 Å². The second kappa shape index (κ2) is 7.14. The highest BCUT2D eigenvalue weighted by Gasteiger charge is 2.26. The second-order valence-corrected chi connectivity index (χ2v) is 6.01. The highest BCUT2D eigenvalue weighted by Crippen LogP contribution is 2.23. The van der Waals surface area contributed by atoms with E-state index in [1.807, 2.05) is 11.0 Å². The number of piperidine rings is 1. The molecule has 1 saturated heterocycles. The van der Waals surface area contributed by atoms with Crippen molar-refractivity contribution in [3.8, 4) is 0 Å². The van der Waals surface area contributed by atoms with Gasteiger partial charge in [0.2, 0.25) is 11.8 Å². The molecule has 1 aliphatic heterocycles. The first-order valence-corrected chi connectivity index (χ1v) is 7.70. The molecule has 4 nitrogen and oxygen atoms in total. The van der Waals surface area contributed by atoms with Crippen LogP contribution in [0.1, 0.15) is 18.4 Å². The van der Waals surface area contributed by atoms with E-state index in [-0.39, 0.29) is 17.7 Å². The van der Waals surface area contributed by atoms with Crippen LogP contribution >= 0.6 is 23.2 Å².